The second-order valence-electron chi connectivity index (χ2n) is 8.08. The monoisotopic (exact) mass is 502 g/mol. The van der Waals surface area contributed by atoms with Gasteiger partial charge in [0.1, 0.15) is 12.4 Å². The molecular weight excluding hydrogens is 470 g/mol. The van der Waals surface area contributed by atoms with Crippen LogP contribution in [-0.2, 0) is 10.2 Å². The molecule has 2 fully saturated rings. The second kappa shape index (κ2) is 10.4. The molecule has 0 radical (unpaired) electrons. The summed E-state index contributed by atoms with van der Waals surface area (Å²) in [5, 5.41) is 6.94. The van der Waals surface area contributed by atoms with E-state index < -0.39 is 0 Å². The van der Waals surface area contributed by atoms with Crippen LogP contribution in [0, 0.1) is 5.82 Å². The molecule has 2 aliphatic rings. The van der Waals surface area contributed by atoms with Crippen LogP contribution in [0.1, 0.15) is 50.5 Å². The van der Waals surface area contributed by atoms with Gasteiger partial charge < -0.3 is 15.5 Å². The van der Waals surface area contributed by atoms with Crippen molar-refractivity contribution in [3.63, 3.8) is 0 Å². The number of benzene rings is 1. The van der Waals surface area contributed by atoms with E-state index in [9.17, 15) is 9.18 Å². The Morgan fingerprint density at radius 3 is 2.57 bits per heavy atom. The summed E-state index contributed by atoms with van der Waals surface area (Å²) in [5.41, 5.74) is 1.01. The van der Waals surface area contributed by atoms with Gasteiger partial charge in [-0.25, -0.2) is 9.38 Å². The molecule has 5 nitrogen and oxygen atoms in total. The first-order valence-electron chi connectivity index (χ1n) is 10.00. The molecule has 0 unspecified atom stereocenters. The summed E-state index contributed by atoms with van der Waals surface area (Å²) >= 11 is 0. The molecular formula is C21H32FIN4O. The molecule has 2 saturated carbocycles. The lowest BCUT2D eigenvalue weighted by Gasteiger charge is -2.26. The Balaban J connectivity index is 0.00000280. The van der Waals surface area contributed by atoms with Gasteiger partial charge in [0.25, 0.3) is 0 Å². The number of hydrogen-bond donors (Lipinski definition) is 2. The molecule has 1 amide bonds. The van der Waals surface area contributed by atoms with Gasteiger partial charge in [0.2, 0.25) is 5.91 Å². The van der Waals surface area contributed by atoms with Crippen molar-refractivity contribution < 1.29 is 9.18 Å². The van der Waals surface area contributed by atoms with Gasteiger partial charge in [-0.2, -0.15) is 0 Å². The Hall–Kier alpha value is -1.38. The lowest BCUT2D eigenvalue weighted by atomic mass is 9.95. The van der Waals surface area contributed by atoms with Crippen LogP contribution in [-0.4, -0.2) is 50.0 Å². The molecule has 28 heavy (non-hydrogen) atoms. The summed E-state index contributed by atoms with van der Waals surface area (Å²) in [7, 11) is 3.48. The number of aliphatic imine (C=N–C) groups is 1. The fraction of sp³-hybridized carbons (Fsp3) is 0.619. The number of hydrogen-bond acceptors (Lipinski definition) is 2. The highest BCUT2D eigenvalue weighted by Crippen LogP contribution is 2.47. The molecule has 0 aromatic heterocycles. The molecule has 0 bridgehead atoms. The van der Waals surface area contributed by atoms with Crippen molar-refractivity contribution in [2.75, 3.05) is 27.2 Å². The summed E-state index contributed by atoms with van der Waals surface area (Å²) in [4.78, 5) is 18.0. The Labute approximate surface area is 184 Å². The molecule has 2 N–H and O–H groups in total. The Morgan fingerprint density at radius 1 is 1.25 bits per heavy atom. The number of carbonyl (C=O) groups is 1. The number of guanidine groups is 1. The highest BCUT2D eigenvalue weighted by molar-refractivity contribution is 14.0. The second-order valence-corrected chi connectivity index (χ2v) is 8.08. The molecule has 0 aliphatic heterocycles. The van der Waals surface area contributed by atoms with Crippen molar-refractivity contribution in [3.05, 3.63) is 35.6 Å². The number of rotatable bonds is 6. The van der Waals surface area contributed by atoms with E-state index in [0.717, 1.165) is 31.2 Å². The average molecular weight is 502 g/mol. The van der Waals surface area contributed by atoms with Gasteiger partial charge in [-0.3, -0.25) is 4.79 Å². The van der Waals surface area contributed by atoms with Gasteiger partial charge in [0.05, 0.1) is 0 Å². The summed E-state index contributed by atoms with van der Waals surface area (Å²) in [5.74, 6) is 0.482. The van der Waals surface area contributed by atoms with E-state index in [2.05, 4.69) is 15.6 Å². The van der Waals surface area contributed by atoms with E-state index in [1.807, 2.05) is 6.07 Å². The first kappa shape index (κ1) is 22.9. The Bertz CT molecular complexity index is 685. The largest absolute Gasteiger partial charge is 0.355 e. The highest BCUT2D eigenvalue weighted by Gasteiger charge is 2.44. The van der Waals surface area contributed by atoms with E-state index in [1.54, 1.807) is 31.1 Å². The van der Waals surface area contributed by atoms with Crippen LogP contribution in [0.3, 0.4) is 0 Å². The van der Waals surface area contributed by atoms with E-state index in [0.29, 0.717) is 18.5 Å². The molecule has 2 aliphatic carbocycles. The third kappa shape index (κ3) is 6.32. The third-order valence-electron chi connectivity index (χ3n) is 5.70. The predicted octanol–water partition coefficient (Wildman–Crippen LogP) is 3.43. The number of amides is 1. The quantitative estimate of drug-likeness (QED) is 0.356. The first-order valence-corrected chi connectivity index (χ1v) is 10.00. The Morgan fingerprint density at radius 2 is 1.96 bits per heavy atom. The van der Waals surface area contributed by atoms with Crippen LogP contribution < -0.4 is 10.6 Å². The van der Waals surface area contributed by atoms with Gasteiger partial charge in [-0.1, -0.05) is 31.4 Å². The first-order chi connectivity index (χ1) is 13.0. The van der Waals surface area contributed by atoms with Crippen molar-refractivity contribution in [2.45, 2.75) is 56.4 Å². The van der Waals surface area contributed by atoms with Crippen molar-refractivity contribution in [1.29, 1.82) is 0 Å². The highest BCUT2D eigenvalue weighted by atomic mass is 127. The Kier molecular flexibility index (Phi) is 8.52. The predicted molar refractivity (Wildman–Crippen MR) is 122 cm³/mol. The fourth-order valence-electron chi connectivity index (χ4n) is 3.67. The van der Waals surface area contributed by atoms with Crippen LogP contribution in [0.15, 0.2) is 29.3 Å². The third-order valence-corrected chi connectivity index (χ3v) is 5.70. The molecule has 0 heterocycles. The lowest BCUT2D eigenvalue weighted by Crippen LogP contribution is -2.47. The fourth-order valence-corrected chi connectivity index (χ4v) is 3.67. The van der Waals surface area contributed by atoms with Gasteiger partial charge in [-0.15, -0.1) is 24.0 Å². The molecule has 1 aromatic rings. The number of nitrogens with zero attached hydrogens (tertiary/aromatic N) is 2. The van der Waals surface area contributed by atoms with E-state index in [4.69, 9.17) is 0 Å². The maximum absolute atomic E-state index is 13.6. The molecule has 1 aromatic carbocycles. The SMILES string of the molecule is CN(C)C(=O)CN=C(NCC1(c2cccc(F)c2)CC1)NC1CCCCC1.I. The lowest BCUT2D eigenvalue weighted by molar-refractivity contribution is -0.127. The zero-order valence-electron chi connectivity index (χ0n) is 16.8. The molecule has 0 saturated heterocycles. The molecule has 0 spiro atoms. The van der Waals surface area contributed by atoms with E-state index >= 15 is 0 Å². The van der Waals surface area contributed by atoms with Gasteiger partial charge >= 0.3 is 0 Å². The standard InChI is InChI=1S/C21H31FN4O.HI/c1-26(2)19(27)14-23-20(25-18-9-4-3-5-10-18)24-15-21(11-12-21)16-7-6-8-17(22)13-16;/h6-8,13,18H,3-5,9-12,14-15H2,1-2H3,(H2,23,24,25);1H. The van der Waals surface area contributed by atoms with Crippen LogP contribution in [0.5, 0.6) is 0 Å². The minimum absolute atomic E-state index is 0. The summed E-state index contributed by atoms with van der Waals surface area (Å²) in [6.45, 7) is 0.827. The number of carbonyl (C=O) groups excluding carboxylic acids is 1. The zero-order chi connectivity index (χ0) is 19.3. The van der Waals surface area contributed by atoms with Crippen molar-refractivity contribution in [2.24, 2.45) is 4.99 Å². The molecule has 3 rings (SSSR count). The summed E-state index contributed by atoms with van der Waals surface area (Å²) < 4.78 is 13.6. The van der Waals surface area contributed by atoms with Crippen molar-refractivity contribution >= 4 is 35.8 Å². The van der Waals surface area contributed by atoms with Crippen LogP contribution >= 0.6 is 24.0 Å². The maximum Gasteiger partial charge on any atom is 0.243 e. The normalized spacial score (nSPS) is 18.8. The summed E-state index contributed by atoms with van der Waals surface area (Å²) in [6.07, 6.45) is 8.10. The zero-order valence-corrected chi connectivity index (χ0v) is 19.2. The van der Waals surface area contributed by atoms with Crippen LogP contribution in [0.4, 0.5) is 4.39 Å². The minimum Gasteiger partial charge on any atom is -0.355 e. The van der Waals surface area contributed by atoms with Gasteiger partial charge in [0.15, 0.2) is 5.96 Å². The van der Waals surface area contributed by atoms with Gasteiger partial charge in [-0.05, 0) is 43.4 Å². The van der Waals surface area contributed by atoms with Gasteiger partial charge in [0, 0.05) is 32.1 Å². The van der Waals surface area contributed by atoms with E-state index in [1.165, 1.54) is 25.3 Å². The smallest absolute Gasteiger partial charge is 0.243 e. The summed E-state index contributed by atoms with van der Waals surface area (Å²) in [6, 6.07) is 7.30. The molecule has 156 valence electrons. The number of halogens is 2. The molecule has 7 heteroatoms. The van der Waals surface area contributed by atoms with E-state index in [-0.39, 0.29) is 47.7 Å². The minimum atomic E-state index is -0.190. The van der Waals surface area contributed by atoms with Crippen LogP contribution in [0.25, 0.3) is 0 Å². The maximum atomic E-state index is 13.6. The number of likely N-dealkylation sites (N-methyl/N-ethyl adjacent to an activating group) is 1. The average Bonchev–Trinajstić information content (AvgIpc) is 3.45. The number of nitrogens with one attached hydrogen (secondary N) is 2. The molecule has 0 atom stereocenters. The van der Waals surface area contributed by atoms with Crippen LogP contribution in [0.2, 0.25) is 0 Å². The van der Waals surface area contributed by atoms with Crippen molar-refractivity contribution in [1.82, 2.24) is 15.5 Å². The topological polar surface area (TPSA) is 56.7 Å². The van der Waals surface area contributed by atoms with Crippen molar-refractivity contribution in [3.8, 4) is 0 Å².